The predicted octanol–water partition coefficient (Wildman–Crippen LogP) is 2.09. The Morgan fingerprint density at radius 1 is 0.762 bits per heavy atom. The van der Waals surface area contributed by atoms with E-state index in [2.05, 4.69) is 0 Å². The van der Waals surface area contributed by atoms with Gasteiger partial charge in [-0.15, -0.1) is 0 Å². The number of amides is 2. The lowest BCUT2D eigenvalue weighted by molar-refractivity contribution is 0.0551. The van der Waals surface area contributed by atoms with Crippen molar-refractivity contribution in [3.05, 3.63) is 70.8 Å². The van der Waals surface area contributed by atoms with E-state index in [1.54, 1.807) is 36.4 Å². The molecule has 0 unspecified atom stereocenters. The van der Waals surface area contributed by atoms with Crippen molar-refractivity contribution in [2.75, 3.05) is 0 Å². The van der Waals surface area contributed by atoms with E-state index >= 15 is 0 Å². The van der Waals surface area contributed by atoms with Gasteiger partial charge in [0.1, 0.15) is 6.04 Å². The van der Waals surface area contributed by atoms with Crippen molar-refractivity contribution in [1.29, 1.82) is 0 Å². The van der Waals surface area contributed by atoms with Crippen molar-refractivity contribution < 1.29 is 14.4 Å². The Bertz CT molecular complexity index is 774. The predicted molar refractivity (Wildman–Crippen MR) is 75.2 cm³/mol. The first-order valence-corrected chi connectivity index (χ1v) is 6.77. The monoisotopic (exact) mass is 277 g/mol. The van der Waals surface area contributed by atoms with Gasteiger partial charge in [0.05, 0.1) is 11.1 Å². The average molecular weight is 277 g/mol. The molecule has 2 aromatic rings. The Morgan fingerprint density at radius 2 is 1.29 bits per heavy atom. The molecule has 0 N–H and O–H groups in total. The summed E-state index contributed by atoms with van der Waals surface area (Å²) in [6.45, 7) is 0. The highest BCUT2D eigenvalue weighted by atomic mass is 16.2. The second-order valence-corrected chi connectivity index (χ2v) is 5.27. The second-order valence-electron chi connectivity index (χ2n) is 5.27. The van der Waals surface area contributed by atoms with Crippen LogP contribution in [0.25, 0.3) is 0 Å². The molecule has 0 fully saturated rings. The van der Waals surface area contributed by atoms with E-state index in [-0.39, 0.29) is 17.6 Å². The minimum atomic E-state index is -0.713. The molecule has 2 aliphatic rings. The molecule has 0 saturated heterocycles. The number of carbonyl (C=O) groups is 3. The Morgan fingerprint density at radius 3 is 1.86 bits per heavy atom. The van der Waals surface area contributed by atoms with E-state index in [0.29, 0.717) is 23.1 Å². The Hall–Kier alpha value is -2.75. The summed E-state index contributed by atoms with van der Waals surface area (Å²) in [7, 11) is 0. The highest BCUT2D eigenvalue weighted by Gasteiger charge is 2.45. The lowest BCUT2D eigenvalue weighted by atomic mass is 10.1. The van der Waals surface area contributed by atoms with E-state index in [0.717, 1.165) is 10.5 Å². The van der Waals surface area contributed by atoms with Crippen LogP contribution in [0.15, 0.2) is 48.5 Å². The summed E-state index contributed by atoms with van der Waals surface area (Å²) >= 11 is 0. The Kier molecular flexibility index (Phi) is 2.36. The Balaban J connectivity index is 1.76. The van der Waals surface area contributed by atoms with Crippen LogP contribution in [0.1, 0.15) is 36.6 Å². The molecule has 0 radical (unpaired) electrons. The van der Waals surface area contributed by atoms with Gasteiger partial charge in [-0.05, 0) is 17.7 Å². The summed E-state index contributed by atoms with van der Waals surface area (Å²) in [5.74, 6) is -0.899. The smallest absolute Gasteiger partial charge is 0.262 e. The van der Waals surface area contributed by atoms with Crippen LogP contribution in [-0.2, 0) is 6.42 Å². The lowest BCUT2D eigenvalue weighted by Crippen LogP contribution is -2.43. The molecular formula is C17H11NO3. The van der Waals surface area contributed by atoms with Gasteiger partial charge in [-0.3, -0.25) is 19.3 Å². The van der Waals surface area contributed by atoms with Crippen molar-refractivity contribution in [1.82, 2.24) is 4.90 Å². The molecule has 0 aromatic heterocycles. The van der Waals surface area contributed by atoms with Gasteiger partial charge in [-0.25, -0.2) is 0 Å². The van der Waals surface area contributed by atoms with Crippen LogP contribution in [0.2, 0.25) is 0 Å². The van der Waals surface area contributed by atoms with Gasteiger partial charge in [-0.1, -0.05) is 36.4 Å². The zero-order valence-electron chi connectivity index (χ0n) is 11.1. The van der Waals surface area contributed by atoms with Gasteiger partial charge < -0.3 is 0 Å². The summed E-state index contributed by atoms with van der Waals surface area (Å²) in [6, 6.07) is 13.2. The molecule has 1 aliphatic carbocycles. The zero-order valence-corrected chi connectivity index (χ0v) is 11.1. The number of hydrogen-bond donors (Lipinski definition) is 0. The van der Waals surface area contributed by atoms with Crippen LogP contribution < -0.4 is 0 Å². The zero-order chi connectivity index (χ0) is 14.6. The third-order valence-corrected chi connectivity index (χ3v) is 4.14. The minimum Gasteiger partial charge on any atom is -0.292 e. The maximum absolute atomic E-state index is 12.5. The minimum absolute atomic E-state index is 0.153. The first-order valence-electron chi connectivity index (χ1n) is 6.77. The summed E-state index contributed by atoms with van der Waals surface area (Å²) in [6.07, 6.45) is 0.403. The average Bonchev–Trinajstić information content (AvgIpc) is 2.96. The number of nitrogens with zero attached hydrogens (tertiary/aromatic N) is 1. The van der Waals surface area contributed by atoms with Crippen LogP contribution in [0.4, 0.5) is 0 Å². The quantitative estimate of drug-likeness (QED) is 0.750. The van der Waals surface area contributed by atoms with E-state index in [9.17, 15) is 14.4 Å². The highest BCUT2D eigenvalue weighted by Crippen LogP contribution is 2.31. The highest BCUT2D eigenvalue weighted by molar-refractivity contribution is 6.24. The van der Waals surface area contributed by atoms with Crippen molar-refractivity contribution in [2.24, 2.45) is 0 Å². The van der Waals surface area contributed by atoms with Crippen LogP contribution in [0.3, 0.4) is 0 Å². The molecule has 0 bridgehead atoms. The normalized spacial score (nSPS) is 19.9. The molecule has 21 heavy (non-hydrogen) atoms. The molecule has 0 saturated carbocycles. The first-order chi connectivity index (χ1) is 10.2. The molecule has 2 aromatic carbocycles. The summed E-state index contributed by atoms with van der Waals surface area (Å²) in [5.41, 5.74) is 2.26. The molecule has 4 rings (SSSR count). The van der Waals surface area contributed by atoms with Crippen LogP contribution in [0, 0.1) is 0 Å². The second kappa shape index (κ2) is 4.12. The van der Waals surface area contributed by atoms with Crippen molar-refractivity contribution >= 4 is 17.6 Å². The fraction of sp³-hybridized carbons (Fsp3) is 0.118. The third-order valence-electron chi connectivity index (χ3n) is 4.14. The summed E-state index contributed by atoms with van der Waals surface area (Å²) < 4.78 is 0. The summed E-state index contributed by atoms with van der Waals surface area (Å²) in [5, 5.41) is 0. The number of ketones is 1. The molecule has 1 heterocycles. The maximum atomic E-state index is 12.5. The van der Waals surface area contributed by atoms with Gasteiger partial charge in [-0.2, -0.15) is 0 Å². The fourth-order valence-electron chi connectivity index (χ4n) is 3.12. The maximum Gasteiger partial charge on any atom is 0.262 e. The Labute approximate surface area is 121 Å². The van der Waals surface area contributed by atoms with E-state index in [1.807, 2.05) is 12.1 Å². The number of imide groups is 1. The standard InChI is InChI=1S/C17H11NO3/c19-15-11-6-2-1-5-10(11)9-14(15)18-16(20)12-7-3-4-8-13(12)17(18)21/h1-8,14H,9H2/t14-/m1/s1. The van der Waals surface area contributed by atoms with E-state index in [1.165, 1.54) is 0 Å². The molecule has 1 atom stereocenters. The molecule has 2 amide bonds. The SMILES string of the molecule is O=C1c2ccccc2C[C@H]1N1C(=O)c2ccccc2C1=O. The molecule has 0 spiro atoms. The summed E-state index contributed by atoms with van der Waals surface area (Å²) in [4.78, 5) is 38.5. The molecule has 1 aliphatic heterocycles. The molecule has 4 heteroatoms. The third kappa shape index (κ3) is 1.53. The van der Waals surface area contributed by atoms with Crippen LogP contribution in [0.5, 0.6) is 0 Å². The number of Topliss-reactive ketones (excluding diaryl/α,β-unsaturated/α-hetero) is 1. The number of rotatable bonds is 1. The van der Waals surface area contributed by atoms with E-state index in [4.69, 9.17) is 0 Å². The molecular weight excluding hydrogens is 266 g/mol. The van der Waals surface area contributed by atoms with Crippen molar-refractivity contribution in [3.8, 4) is 0 Å². The van der Waals surface area contributed by atoms with Gasteiger partial charge >= 0.3 is 0 Å². The number of carbonyl (C=O) groups excluding carboxylic acids is 3. The topological polar surface area (TPSA) is 54.5 Å². The van der Waals surface area contributed by atoms with E-state index < -0.39 is 6.04 Å². The van der Waals surface area contributed by atoms with Crippen molar-refractivity contribution in [3.63, 3.8) is 0 Å². The van der Waals surface area contributed by atoms with Gasteiger partial charge in [0.2, 0.25) is 0 Å². The van der Waals surface area contributed by atoms with Crippen molar-refractivity contribution in [2.45, 2.75) is 12.5 Å². The van der Waals surface area contributed by atoms with Gasteiger partial charge in [0, 0.05) is 12.0 Å². The largest absolute Gasteiger partial charge is 0.292 e. The lowest BCUT2D eigenvalue weighted by Gasteiger charge is -2.20. The first kappa shape index (κ1) is 12.0. The molecule has 102 valence electrons. The number of fused-ring (bicyclic) bond motifs is 2. The molecule has 4 nitrogen and oxygen atoms in total. The number of benzene rings is 2. The van der Waals surface area contributed by atoms with Gasteiger partial charge in [0.25, 0.3) is 11.8 Å². The van der Waals surface area contributed by atoms with Crippen LogP contribution in [-0.4, -0.2) is 28.5 Å². The van der Waals surface area contributed by atoms with Gasteiger partial charge in [0.15, 0.2) is 5.78 Å². The van der Waals surface area contributed by atoms with Crippen LogP contribution >= 0.6 is 0 Å². The fourth-order valence-corrected chi connectivity index (χ4v) is 3.12. The number of hydrogen-bond acceptors (Lipinski definition) is 3.